The van der Waals surface area contributed by atoms with Crippen LogP contribution in [0.3, 0.4) is 0 Å². The lowest BCUT2D eigenvalue weighted by atomic mass is 10.0. The smallest absolute Gasteiger partial charge is 0.156 e. The van der Waals surface area contributed by atoms with Gasteiger partial charge < -0.3 is 5.32 Å². The van der Waals surface area contributed by atoms with Crippen molar-refractivity contribution in [2.75, 3.05) is 5.32 Å². The fourth-order valence-corrected chi connectivity index (χ4v) is 3.92. The van der Waals surface area contributed by atoms with E-state index in [0.29, 0.717) is 0 Å². The molecule has 0 radical (unpaired) electrons. The molecule has 1 N–H and O–H groups in total. The number of hydrogen-bond acceptors (Lipinski definition) is 3. The molecule has 3 aromatic rings. The van der Waals surface area contributed by atoms with E-state index in [1.54, 1.807) is 11.3 Å². The highest BCUT2D eigenvalue weighted by atomic mass is 32.1. The van der Waals surface area contributed by atoms with Gasteiger partial charge in [0.25, 0.3) is 0 Å². The summed E-state index contributed by atoms with van der Waals surface area (Å²) in [7, 11) is 0. The van der Waals surface area contributed by atoms with Crippen LogP contribution in [0.1, 0.15) is 27.9 Å². The van der Waals surface area contributed by atoms with Crippen molar-refractivity contribution >= 4 is 17.0 Å². The molecule has 2 aromatic heterocycles. The molecule has 0 aliphatic carbocycles. The maximum Gasteiger partial charge on any atom is 0.156 e. The Hall–Kier alpha value is -2.07. The summed E-state index contributed by atoms with van der Waals surface area (Å²) in [6.07, 6.45) is 0.0870. The van der Waals surface area contributed by atoms with Crippen LogP contribution >= 0.6 is 11.3 Å². The Bertz CT molecular complexity index is 828. The van der Waals surface area contributed by atoms with E-state index < -0.39 is 0 Å². The van der Waals surface area contributed by atoms with Gasteiger partial charge in [-0.3, -0.25) is 0 Å². The van der Waals surface area contributed by atoms with Gasteiger partial charge in [-0.25, -0.2) is 4.68 Å². The largest absolute Gasteiger partial charge is 0.359 e. The number of benzene rings is 1. The molecule has 0 saturated heterocycles. The van der Waals surface area contributed by atoms with Crippen LogP contribution in [0.15, 0.2) is 35.7 Å². The van der Waals surface area contributed by atoms with Crippen LogP contribution in [-0.2, 0) is 0 Å². The average Bonchev–Trinajstić information content (AvgIpc) is 3.04. The van der Waals surface area contributed by atoms with Gasteiger partial charge in [0, 0.05) is 11.3 Å². The second-order valence-corrected chi connectivity index (χ2v) is 6.63. The molecule has 1 aromatic carbocycles. The first-order valence-corrected chi connectivity index (χ1v) is 7.99. The predicted molar refractivity (Wildman–Crippen MR) is 88.0 cm³/mol. The second-order valence-electron chi connectivity index (χ2n) is 5.68. The summed E-state index contributed by atoms with van der Waals surface area (Å²) >= 11 is 1.78. The average molecular weight is 295 g/mol. The van der Waals surface area contributed by atoms with Gasteiger partial charge in [0.05, 0.1) is 16.3 Å². The van der Waals surface area contributed by atoms with Crippen molar-refractivity contribution in [1.82, 2.24) is 9.78 Å². The summed E-state index contributed by atoms with van der Waals surface area (Å²) in [6.45, 7) is 6.34. The molecule has 3 nitrogen and oxygen atoms in total. The van der Waals surface area contributed by atoms with Crippen molar-refractivity contribution in [3.8, 4) is 11.3 Å². The monoisotopic (exact) mass is 295 g/mol. The molecule has 0 bridgehead atoms. The predicted octanol–water partition coefficient (Wildman–Crippen LogP) is 4.51. The number of rotatable bonds is 1. The highest BCUT2D eigenvalue weighted by Crippen LogP contribution is 2.40. The first kappa shape index (κ1) is 12.7. The topological polar surface area (TPSA) is 29.9 Å². The number of nitrogens with zero attached hydrogens (tertiary/aromatic N) is 2. The Labute approximate surface area is 128 Å². The molecule has 0 unspecified atom stereocenters. The van der Waals surface area contributed by atoms with E-state index in [1.807, 2.05) is 0 Å². The Balaban J connectivity index is 1.95. The van der Waals surface area contributed by atoms with Gasteiger partial charge in [0.2, 0.25) is 0 Å². The summed E-state index contributed by atoms with van der Waals surface area (Å²) in [4.78, 5) is 1.32. The van der Waals surface area contributed by atoms with E-state index in [4.69, 9.17) is 5.10 Å². The quantitative estimate of drug-likeness (QED) is 0.716. The zero-order chi connectivity index (χ0) is 14.6. The standard InChI is InChI=1S/C17H17N3S/c1-10-4-5-14-13(8-10)15-9-12(3)19-20(15)17(18-14)16-11(2)6-7-21-16/h4-9,17-18H,1-3H3/t17-/m0/s1. The fraction of sp³-hybridized carbons (Fsp3) is 0.235. The molecule has 0 amide bonds. The van der Waals surface area contributed by atoms with Gasteiger partial charge in [-0.2, -0.15) is 5.10 Å². The minimum Gasteiger partial charge on any atom is -0.359 e. The van der Waals surface area contributed by atoms with Crippen LogP contribution < -0.4 is 5.32 Å². The number of fused-ring (bicyclic) bond motifs is 3. The minimum absolute atomic E-state index is 0.0870. The molecule has 0 saturated carbocycles. The first-order valence-electron chi connectivity index (χ1n) is 7.11. The van der Waals surface area contributed by atoms with Gasteiger partial charge in [-0.15, -0.1) is 11.3 Å². The molecule has 1 aliphatic heterocycles. The second kappa shape index (κ2) is 4.46. The van der Waals surface area contributed by atoms with Crippen LogP contribution in [0, 0.1) is 20.8 Å². The third-order valence-corrected chi connectivity index (χ3v) is 5.07. The maximum atomic E-state index is 4.72. The van der Waals surface area contributed by atoms with Crippen molar-refractivity contribution in [3.05, 3.63) is 57.4 Å². The molecule has 4 rings (SSSR count). The van der Waals surface area contributed by atoms with E-state index in [0.717, 1.165) is 5.69 Å². The first-order chi connectivity index (χ1) is 10.1. The van der Waals surface area contributed by atoms with Crippen molar-refractivity contribution < 1.29 is 0 Å². The zero-order valence-corrected chi connectivity index (χ0v) is 13.2. The zero-order valence-electron chi connectivity index (χ0n) is 12.3. The Morgan fingerprint density at radius 3 is 2.76 bits per heavy atom. The summed E-state index contributed by atoms with van der Waals surface area (Å²) in [5.74, 6) is 0. The Morgan fingerprint density at radius 1 is 1.14 bits per heavy atom. The van der Waals surface area contributed by atoms with Crippen molar-refractivity contribution in [3.63, 3.8) is 0 Å². The fourth-order valence-electron chi connectivity index (χ4n) is 2.96. The molecule has 3 heterocycles. The SMILES string of the molecule is Cc1ccc2c(c1)-c1cc(C)nn1[C@@H](c1sccc1C)N2. The Morgan fingerprint density at radius 2 is 2.00 bits per heavy atom. The van der Waals surface area contributed by atoms with E-state index in [9.17, 15) is 0 Å². The van der Waals surface area contributed by atoms with Gasteiger partial charge in [0.1, 0.15) is 0 Å². The third kappa shape index (κ3) is 1.90. The number of anilines is 1. The molecule has 4 heteroatoms. The van der Waals surface area contributed by atoms with E-state index in [-0.39, 0.29) is 6.17 Å². The minimum atomic E-state index is 0.0870. The van der Waals surface area contributed by atoms with Crippen molar-refractivity contribution in [2.24, 2.45) is 0 Å². The van der Waals surface area contributed by atoms with E-state index in [2.05, 4.69) is 66.5 Å². The summed E-state index contributed by atoms with van der Waals surface area (Å²) < 4.78 is 2.12. The molecule has 0 spiro atoms. The van der Waals surface area contributed by atoms with E-state index >= 15 is 0 Å². The molecule has 106 valence electrons. The number of aryl methyl sites for hydroxylation is 3. The van der Waals surface area contributed by atoms with Crippen molar-refractivity contribution in [1.29, 1.82) is 0 Å². The summed E-state index contributed by atoms with van der Waals surface area (Å²) in [6, 6.07) is 10.9. The molecular formula is C17H17N3S. The Kier molecular flexibility index (Phi) is 2.69. The van der Waals surface area contributed by atoms with Gasteiger partial charge >= 0.3 is 0 Å². The van der Waals surface area contributed by atoms with Crippen LogP contribution in [0.2, 0.25) is 0 Å². The lowest BCUT2D eigenvalue weighted by Gasteiger charge is -2.29. The van der Waals surface area contributed by atoms with E-state index in [1.165, 1.54) is 32.9 Å². The molecule has 21 heavy (non-hydrogen) atoms. The van der Waals surface area contributed by atoms with Crippen molar-refractivity contribution in [2.45, 2.75) is 26.9 Å². The lowest BCUT2D eigenvalue weighted by molar-refractivity contribution is 0.577. The third-order valence-electron chi connectivity index (χ3n) is 4.00. The molecule has 1 aliphatic rings. The van der Waals surface area contributed by atoms with Gasteiger partial charge in [-0.05, 0) is 56.0 Å². The number of thiophene rings is 1. The number of hydrogen-bond donors (Lipinski definition) is 1. The summed E-state index contributed by atoms with van der Waals surface area (Å²) in [5, 5.41) is 10.5. The highest BCUT2D eigenvalue weighted by Gasteiger charge is 2.27. The molecule has 0 fully saturated rings. The van der Waals surface area contributed by atoms with Gasteiger partial charge in [0.15, 0.2) is 6.17 Å². The molecule has 1 atom stereocenters. The molecular weight excluding hydrogens is 278 g/mol. The van der Waals surface area contributed by atoms with Crippen LogP contribution in [0.5, 0.6) is 0 Å². The number of aromatic nitrogens is 2. The highest BCUT2D eigenvalue weighted by molar-refractivity contribution is 7.10. The maximum absolute atomic E-state index is 4.72. The summed E-state index contributed by atoms with van der Waals surface area (Å²) in [5.41, 5.74) is 7.26. The van der Waals surface area contributed by atoms with Crippen LogP contribution in [-0.4, -0.2) is 9.78 Å². The lowest BCUT2D eigenvalue weighted by Crippen LogP contribution is -2.25. The van der Waals surface area contributed by atoms with Crippen LogP contribution in [0.25, 0.3) is 11.3 Å². The normalized spacial score (nSPS) is 16.2. The van der Waals surface area contributed by atoms with Crippen LogP contribution in [0.4, 0.5) is 5.69 Å². The number of nitrogens with one attached hydrogen (secondary N) is 1. The van der Waals surface area contributed by atoms with Gasteiger partial charge in [-0.1, -0.05) is 11.6 Å².